The third-order valence-electron chi connectivity index (χ3n) is 4.41. The Kier molecular flexibility index (Phi) is 8.72. The first-order valence-corrected chi connectivity index (χ1v) is 9.23. The first-order chi connectivity index (χ1) is 12.2. The second kappa shape index (κ2) is 11.1. The molecule has 6 heteroatoms. The molecule has 1 saturated heterocycles. The van der Waals surface area contributed by atoms with E-state index >= 15 is 0 Å². The number of nitrogens with zero attached hydrogens (tertiary/aromatic N) is 1. The Morgan fingerprint density at radius 2 is 2.08 bits per heavy atom. The minimum atomic E-state index is 0.0440. The van der Waals surface area contributed by atoms with E-state index in [4.69, 9.17) is 9.47 Å². The predicted molar refractivity (Wildman–Crippen MR) is 98.8 cm³/mol. The highest BCUT2D eigenvalue weighted by molar-refractivity contribution is 5.76. The van der Waals surface area contributed by atoms with Crippen LogP contribution < -0.4 is 15.4 Å². The van der Waals surface area contributed by atoms with Gasteiger partial charge < -0.3 is 25.0 Å². The molecule has 0 aliphatic carbocycles. The summed E-state index contributed by atoms with van der Waals surface area (Å²) in [7, 11) is 0. The highest BCUT2D eigenvalue weighted by Gasteiger charge is 2.16. The van der Waals surface area contributed by atoms with Gasteiger partial charge in [-0.1, -0.05) is 26.0 Å². The second-order valence-electron chi connectivity index (χ2n) is 6.23. The highest BCUT2D eigenvalue weighted by Crippen LogP contribution is 2.12. The van der Waals surface area contributed by atoms with Gasteiger partial charge in [-0.05, 0) is 30.8 Å². The fraction of sp³-hybridized carbons (Fsp3) is 0.632. The summed E-state index contributed by atoms with van der Waals surface area (Å²) in [6.07, 6.45) is 0.451. The summed E-state index contributed by atoms with van der Waals surface area (Å²) in [6.45, 7) is 10.7. The molecule has 1 aliphatic rings. The van der Waals surface area contributed by atoms with Gasteiger partial charge >= 0.3 is 0 Å². The molecule has 0 aromatic heterocycles. The Bertz CT molecular complexity index is 497. The maximum absolute atomic E-state index is 12.0. The van der Waals surface area contributed by atoms with E-state index in [2.05, 4.69) is 29.4 Å². The third-order valence-corrected chi connectivity index (χ3v) is 4.41. The summed E-state index contributed by atoms with van der Waals surface area (Å²) in [5, 5.41) is 6.24. The fourth-order valence-corrected chi connectivity index (χ4v) is 2.78. The summed E-state index contributed by atoms with van der Waals surface area (Å²) in [5.41, 5.74) is 1.07. The number of morpholine rings is 1. The molecule has 25 heavy (non-hydrogen) atoms. The van der Waals surface area contributed by atoms with Crippen LogP contribution in [0.15, 0.2) is 24.3 Å². The van der Waals surface area contributed by atoms with Gasteiger partial charge in [0, 0.05) is 32.1 Å². The summed E-state index contributed by atoms with van der Waals surface area (Å²) in [5.74, 6) is 0.910. The maximum Gasteiger partial charge on any atom is 0.221 e. The Morgan fingerprint density at radius 1 is 1.32 bits per heavy atom. The minimum Gasteiger partial charge on any atom is -0.492 e. The number of ether oxygens (including phenoxy) is 2. The molecule has 1 amide bonds. The lowest BCUT2D eigenvalue weighted by molar-refractivity contribution is -0.122. The molecule has 140 valence electrons. The van der Waals surface area contributed by atoms with E-state index in [0.717, 1.165) is 44.1 Å². The summed E-state index contributed by atoms with van der Waals surface area (Å²) < 4.78 is 11.1. The number of carbonyl (C=O) groups is 1. The molecule has 1 aliphatic heterocycles. The quantitative estimate of drug-likeness (QED) is 0.669. The first-order valence-electron chi connectivity index (χ1n) is 9.23. The van der Waals surface area contributed by atoms with Crippen molar-refractivity contribution in [1.82, 2.24) is 15.5 Å². The zero-order valence-electron chi connectivity index (χ0n) is 15.4. The number of hydrogen-bond donors (Lipinski definition) is 2. The van der Waals surface area contributed by atoms with Gasteiger partial charge in [0.2, 0.25) is 5.91 Å². The molecule has 1 unspecified atom stereocenters. The molecule has 1 aromatic rings. The van der Waals surface area contributed by atoms with Crippen LogP contribution in [0, 0.1) is 0 Å². The van der Waals surface area contributed by atoms with E-state index in [0.29, 0.717) is 26.2 Å². The van der Waals surface area contributed by atoms with E-state index in [1.165, 1.54) is 0 Å². The van der Waals surface area contributed by atoms with E-state index in [1.54, 1.807) is 0 Å². The average molecular weight is 349 g/mol. The smallest absolute Gasteiger partial charge is 0.221 e. The lowest BCUT2D eigenvalue weighted by atomic mass is 10.1. The molecular formula is C19H31N3O3. The molecule has 2 rings (SSSR count). The number of benzene rings is 1. The van der Waals surface area contributed by atoms with Crippen molar-refractivity contribution in [2.45, 2.75) is 32.9 Å². The van der Waals surface area contributed by atoms with E-state index in [-0.39, 0.29) is 11.9 Å². The number of likely N-dealkylation sites (N-methyl/N-ethyl adjacent to an activating group) is 1. The lowest BCUT2D eigenvalue weighted by Crippen LogP contribution is -2.44. The second-order valence-corrected chi connectivity index (χ2v) is 6.23. The summed E-state index contributed by atoms with van der Waals surface area (Å²) in [4.78, 5) is 14.3. The van der Waals surface area contributed by atoms with Crippen molar-refractivity contribution in [2.24, 2.45) is 0 Å². The van der Waals surface area contributed by atoms with E-state index in [1.807, 2.05) is 24.3 Å². The normalized spacial score (nSPS) is 17.5. The van der Waals surface area contributed by atoms with Crippen LogP contribution in [-0.2, 0) is 16.1 Å². The number of nitrogens with one attached hydrogen (secondary N) is 2. The highest BCUT2D eigenvalue weighted by atomic mass is 16.5. The topological polar surface area (TPSA) is 62.8 Å². The number of carbonyl (C=O) groups excluding carboxylic acids is 1. The van der Waals surface area contributed by atoms with Crippen molar-refractivity contribution in [1.29, 1.82) is 0 Å². The van der Waals surface area contributed by atoms with Crippen molar-refractivity contribution in [3.63, 3.8) is 0 Å². The third kappa shape index (κ3) is 7.42. The molecule has 1 fully saturated rings. The molecule has 0 saturated carbocycles. The van der Waals surface area contributed by atoms with Crippen LogP contribution in [0.4, 0.5) is 0 Å². The first kappa shape index (κ1) is 19.7. The molecule has 1 heterocycles. The average Bonchev–Trinajstić information content (AvgIpc) is 2.65. The summed E-state index contributed by atoms with van der Waals surface area (Å²) in [6, 6.07) is 8.03. The van der Waals surface area contributed by atoms with Crippen LogP contribution in [0.3, 0.4) is 0 Å². The van der Waals surface area contributed by atoms with Crippen LogP contribution in [0.5, 0.6) is 5.75 Å². The van der Waals surface area contributed by atoms with Gasteiger partial charge in [-0.3, -0.25) is 4.79 Å². The maximum atomic E-state index is 12.0. The Balaban J connectivity index is 1.66. The van der Waals surface area contributed by atoms with Gasteiger partial charge in [0.05, 0.1) is 13.2 Å². The van der Waals surface area contributed by atoms with Crippen LogP contribution >= 0.6 is 0 Å². The molecular weight excluding hydrogens is 318 g/mol. The van der Waals surface area contributed by atoms with Crippen LogP contribution in [0.2, 0.25) is 0 Å². The van der Waals surface area contributed by atoms with Gasteiger partial charge in [0.15, 0.2) is 0 Å². The number of amides is 1. The zero-order chi connectivity index (χ0) is 17.9. The molecule has 0 radical (unpaired) electrons. The van der Waals surface area contributed by atoms with Crippen LogP contribution in [0.1, 0.15) is 25.8 Å². The van der Waals surface area contributed by atoms with Crippen molar-refractivity contribution in [2.75, 3.05) is 46.0 Å². The van der Waals surface area contributed by atoms with Crippen molar-refractivity contribution >= 4 is 5.91 Å². The summed E-state index contributed by atoms with van der Waals surface area (Å²) >= 11 is 0. The predicted octanol–water partition coefficient (Wildman–Crippen LogP) is 1.40. The number of hydrogen-bond acceptors (Lipinski definition) is 5. The molecule has 6 nitrogen and oxygen atoms in total. The molecule has 2 N–H and O–H groups in total. The molecule has 1 aromatic carbocycles. The molecule has 1 atom stereocenters. The Morgan fingerprint density at radius 3 is 2.72 bits per heavy atom. The standard InChI is InChI=1S/C19H31N3O3/c1-3-22(4-2)10-12-25-18-7-5-16(6-8-18)14-21-19(23)13-17-15-24-11-9-20-17/h5-8,17,20H,3-4,9-15H2,1-2H3,(H,21,23). The van der Waals surface area contributed by atoms with Gasteiger partial charge in [0.25, 0.3) is 0 Å². The van der Waals surface area contributed by atoms with Crippen molar-refractivity contribution in [3.05, 3.63) is 29.8 Å². The van der Waals surface area contributed by atoms with Crippen LogP contribution in [-0.4, -0.2) is 62.8 Å². The van der Waals surface area contributed by atoms with Crippen molar-refractivity contribution in [3.8, 4) is 5.75 Å². The zero-order valence-corrected chi connectivity index (χ0v) is 15.4. The fourth-order valence-electron chi connectivity index (χ4n) is 2.78. The largest absolute Gasteiger partial charge is 0.492 e. The minimum absolute atomic E-state index is 0.0440. The lowest BCUT2D eigenvalue weighted by Gasteiger charge is -2.23. The van der Waals surface area contributed by atoms with Gasteiger partial charge in [-0.25, -0.2) is 0 Å². The van der Waals surface area contributed by atoms with Crippen molar-refractivity contribution < 1.29 is 14.3 Å². The van der Waals surface area contributed by atoms with Gasteiger partial charge in [-0.2, -0.15) is 0 Å². The molecule has 0 spiro atoms. The Labute approximate surface area is 150 Å². The van der Waals surface area contributed by atoms with Gasteiger partial charge in [-0.15, -0.1) is 0 Å². The molecule has 0 bridgehead atoms. The van der Waals surface area contributed by atoms with Crippen LogP contribution in [0.25, 0.3) is 0 Å². The number of rotatable bonds is 10. The van der Waals surface area contributed by atoms with E-state index < -0.39 is 0 Å². The van der Waals surface area contributed by atoms with E-state index in [9.17, 15) is 4.79 Å². The SMILES string of the molecule is CCN(CC)CCOc1ccc(CNC(=O)CC2COCCN2)cc1. The Hall–Kier alpha value is -1.63. The monoisotopic (exact) mass is 349 g/mol. The van der Waals surface area contributed by atoms with Gasteiger partial charge in [0.1, 0.15) is 12.4 Å².